The molecule has 0 aliphatic carbocycles. The molecule has 3 rings (SSSR count). The lowest BCUT2D eigenvalue weighted by Crippen LogP contribution is -1.94. The second-order valence-electron chi connectivity index (χ2n) is 4.80. The maximum atomic E-state index is 13.1. The first-order valence-corrected chi connectivity index (χ1v) is 7.66. The summed E-state index contributed by atoms with van der Waals surface area (Å²) in [7, 11) is 0. The van der Waals surface area contributed by atoms with E-state index in [0.717, 1.165) is 0 Å². The average Bonchev–Trinajstić information content (AvgIpc) is 3.14. The van der Waals surface area contributed by atoms with Crippen molar-refractivity contribution in [3.05, 3.63) is 63.3 Å². The Balaban J connectivity index is 1.65. The zero-order valence-corrected chi connectivity index (χ0v) is 14.1. The molecule has 2 aromatic heterocycles. The van der Waals surface area contributed by atoms with Crippen LogP contribution >= 0.6 is 23.8 Å². The van der Waals surface area contributed by atoms with Gasteiger partial charge in [-0.15, -0.1) is 0 Å². The van der Waals surface area contributed by atoms with Crippen LogP contribution in [-0.4, -0.2) is 21.1 Å². The van der Waals surface area contributed by atoms with Crippen molar-refractivity contribution in [1.29, 1.82) is 0 Å². The van der Waals surface area contributed by atoms with Gasteiger partial charge in [-0.25, -0.2) is 4.39 Å². The number of furan rings is 1. The van der Waals surface area contributed by atoms with E-state index in [-0.39, 0.29) is 11.6 Å². The summed E-state index contributed by atoms with van der Waals surface area (Å²) in [5, 5.41) is 10.8. The van der Waals surface area contributed by atoms with Crippen molar-refractivity contribution >= 4 is 30.0 Å². The Morgan fingerprint density at radius 2 is 2.29 bits per heavy atom. The van der Waals surface area contributed by atoms with E-state index in [4.69, 9.17) is 33.0 Å². The van der Waals surface area contributed by atoms with E-state index in [0.29, 0.717) is 27.9 Å². The van der Waals surface area contributed by atoms with Crippen LogP contribution in [0.3, 0.4) is 0 Å². The third-order valence-electron chi connectivity index (χ3n) is 3.07. The first-order chi connectivity index (χ1) is 11.5. The minimum Gasteiger partial charge on any atom is -0.486 e. The number of nitrogens with zero attached hydrogens (tertiary/aromatic N) is 3. The molecule has 0 spiro atoms. The topological polar surface area (TPSA) is 68.3 Å². The van der Waals surface area contributed by atoms with Crippen molar-refractivity contribution in [2.45, 2.75) is 13.5 Å². The highest BCUT2D eigenvalue weighted by Crippen LogP contribution is 2.22. The van der Waals surface area contributed by atoms with Crippen LogP contribution in [0.1, 0.15) is 17.3 Å². The number of rotatable bonds is 5. The predicted molar refractivity (Wildman–Crippen MR) is 89.6 cm³/mol. The zero-order chi connectivity index (χ0) is 17.1. The minimum absolute atomic E-state index is 0.00647. The lowest BCUT2D eigenvalue weighted by atomic mass is 10.3. The van der Waals surface area contributed by atoms with Gasteiger partial charge in [0, 0.05) is 6.07 Å². The van der Waals surface area contributed by atoms with Gasteiger partial charge >= 0.3 is 0 Å². The van der Waals surface area contributed by atoms with Gasteiger partial charge in [-0.05, 0) is 43.4 Å². The third-order valence-corrected chi connectivity index (χ3v) is 3.62. The number of hydrogen-bond donors (Lipinski definition) is 1. The normalized spacial score (nSPS) is 11.3. The van der Waals surface area contributed by atoms with E-state index >= 15 is 0 Å². The second-order valence-corrected chi connectivity index (χ2v) is 5.59. The summed E-state index contributed by atoms with van der Waals surface area (Å²) in [4.78, 5) is 0. The monoisotopic (exact) mass is 366 g/mol. The largest absolute Gasteiger partial charge is 0.486 e. The van der Waals surface area contributed by atoms with Gasteiger partial charge in [0.15, 0.2) is 0 Å². The molecule has 0 atom stereocenters. The van der Waals surface area contributed by atoms with E-state index in [1.165, 1.54) is 29.1 Å². The fourth-order valence-electron chi connectivity index (χ4n) is 1.88. The van der Waals surface area contributed by atoms with Crippen LogP contribution in [0.5, 0.6) is 5.75 Å². The SMILES string of the molecule is Cc1n[nH]c(=S)n1N=Cc1ccc(COc2ccc(F)c(Cl)c2)o1. The molecule has 0 saturated carbocycles. The number of aromatic nitrogens is 3. The number of ether oxygens (including phenoxy) is 1. The number of hydrogen-bond acceptors (Lipinski definition) is 5. The molecule has 0 aliphatic rings. The minimum atomic E-state index is -0.492. The number of halogens is 2. The molecule has 1 N–H and O–H groups in total. The molecule has 0 amide bonds. The van der Waals surface area contributed by atoms with Crippen LogP contribution in [0.2, 0.25) is 5.02 Å². The maximum absolute atomic E-state index is 13.1. The standard InChI is InChI=1S/C15H12ClFN4O2S/c1-9-19-20-15(24)21(9)18-7-11-2-3-12(23-11)8-22-10-4-5-14(17)13(16)6-10/h2-7H,8H2,1H3,(H,20,24). The molecule has 0 radical (unpaired) electrons. The number of H-pyrrole nitrogens is 1. The van der Waals surface area contributed by atoms with Crippen LogP contribution in [0.15, 0.2) is 39.9 Å². The summed E-state index contributed by atoms with van der Waals surface area (Å²) in [5.41, 5.74) is 0. The van der Waals surface area contributed by atoms with Crippen LogP contribution < -0.4 is 4.74 Å². The summed E-state index contributed by atoms with van der Waals surface area (Å²) in [6, 6.07) is 7.66. The Kier molecular flexibility index (Phi) is 4.77. The van der Waals surface area contributed by atoms with Gasteiger partial charge in [-0.2, -0.15) is 14.9 Å². The van der Waals surface area contributed by atoms with Gasteiger partial charge in [0.25, 0.3) is 0 Å². The second kappa shape index (κ2) is 6.98. The summed E-state index contributed by atoms with van der Waals surface area (Å²) in [6.07, 6.45) is 1.52. The smallest absolute Gasteiger partial charge is 0.216 e. The highest BCUT2D eigenvalue weighted by atomic mass is 35.5. The third kappa shape index (κ3) is 3.72. The molecule has 0 aliphatic heterocycles. The molecular weight excluding hydrogens is 355 g/mol. The molecule has 6 nitrogen and oxygen atoms in total. The van der Waals surface area contributed by atoms with E-state index < -0.39 is 5.82 Å². The van der Waals surface area contributed by atoms with Crippen molar-refractivity contribution < 1.29 is 13.5 Å². The maximum Gasteiger partial charge on any atom is 0.216 e. The molecule has 0 saturated heterocycles. The van der Waals surface area contributed by atoms with Crippen LogP contribution in [0.4, 0.5) is 4.39 Å². The lowest BCUT2D eigenvalue weighted by molar-refractivity contribution is 0.269. The Morgan fingerprint density at radius 3 is 3.00 bits per heavy atom. The van der Waals surface area contributed by atoms with E-state index in [2.05, 4.69) is 15.3 Å². The number of aryl methyl sites for hydroxylation is 1. The molecule has 124 valence electrons. The zero-order valence-electron chi connectivity index (χ0n) is 12.5. The van der Waals surface area contributed by atoms with Crippen molar-refractivity contribution in [1.82, 2.24) is 14.9 Å². The Labute approximate surface area is 146 Å². The van der Waals surface area contributed by atoms with E-state index in [9.17, 15) is 4.39 Å². The van der Waals surface area contributed by atoms with Gasteiger partial charge in [-0.3, -0.25) is 5.10 Å². The highest BCUT2D eigenvalue weighted by molar-refractivity contribution is 7.71. The van der Waals surface area contributed by atoms with E-state index in [1.54, 1.807) is 19.1 Å². The van der Waals surface area contributed by atoms with Crippen LogP contribution in [0.25, 0.3) is 0 Å². The molecule has 0 bridgehead atoms. The Morgan fingerprint density at radius 1 is 1.46 bits per heavy atom. The molecule has 2 heterocycles. The number of aromatic amines is 1. The first kappa shape index (κ1) is 16.4. The quantitative estimate of drug-likeness (QED) is 0.545. The molecular formula is C15H12ClFN4O2S. The van der Waals surface area contributed by atoms with Crippen molar-refractivity contribution in [3.63, 3.8) is 0 Å². The summed E-state index contributed by atoms with van der Waals surface area (Å²) < 4.78 is 26.0. The number of nitrogens with one attached hydrogen (secondary N) is 1. The summed E-state index contributed by atoms with van der Waals surface area (Å²) >= 11 is 10.8. The van der Waals surface area contributed by atoms with E-state index in [1.807, 2.05) is 0 Å². The Bertz CT molecular complexity index is 947. The highest BCUT2D eigenvalue weighted by Gasteiger charge is 2.05. The Hall–Kier alpha value is -2.45. The molecule has 0 fully saturated rings. The van der Waals surface area contributed by atoms with Crippen LogP contribution in [-0.2, 0) is 6.61 Å². The fraction of sp³-hybridized carbons (Fsp3) is 0.133. The summed E-state index contributed by atoms with van der Waals surface area (Å²) in [5.74, 6) is 1.72. The molecule has 1 aromatic carbocycles. The fourth-order valence-corrected chi connectivity index (χ4v) is 2.28. The van der Waals surface area contributed by atoms with Crippen molar-refractivity contribution in [2.75, 3.05) is 0 Å². The predicted octanol–water partition coefficient (Wildman–Crippen LogP) is 4.10. The molecule has 0 unspecified atom stereocenters. The van der Waals surface area contributed by atoms with Crippen molar-refractivity contribution in [2.24, 2.45) is 5.10 Å². The number of benzene rings is 1. The van der Waals surface area contributed by atoms with Gasteiger partial charge < -0.3 is 9.15 Å². The molecule has 3 aromatic rings. The van der Waals surface area contributed by atoms with Gasteiger partial charge in [-0.1, -0.05) is 11.6 Å². The summed E-state index contributed by atoms with van der Waals surface area (Å²) in [6.45, 7) is 1.96. The van der Waals surface area contributed by atoms with Gasteiger partial charge in [0.2, 0.25) is 4.77 Å². The van der Waals surface area contributed by atoms with Gasteiger partial charge in [0.1, 0.15) is 35.5 Å². The first-order valence-electron chi connectivity index (χ1n) is 6.88. The molecule has 24 heavy (non-hydrogen) atoms. The molecule has 9 heteroatoms. The van der Waals surface area contributed by atoms with Crippen molar-refractivity contribution in [3.8, 4) is 5.75 Å². The van der Waals surface area contributed by atoms with Crippen LogP contribution in [0, 0.1) is 17.5 Å². The average molecular weight is 367 g/mol. The van der Waals surface area contributed by atoms with Gasteiger partial charge in [0.05, 0.1) is 11.2 Å². The lowest BCUT2D eigenvalue weighted by Gasteiger charge is -2.04.